The molecule has 27 heavy (non-hydrogen) atoms. The molecule has 0 saturated heterocycles. The number of anilines is 1. The van der Waals surface area contributed by atoms with Crippen molar-refractivity contribution < 1.29 is 9.53 Å². The van der Waals surface area contributed by atoms with Crippen molar-refractivity contribution in [2.45, 2.75) is 9.96 Å². The maximum Gasteiger partial charge on any atom is 0.252 e. The summed E-state index contributed by atoms with van der Waals surface area (Å²) in [6.45, 7) is 0. The lowest BCUT2D eigenvalue weighted by atomic mass is 10.2. The Kier molecular flexibility index (Phi) is 8.23. The minimum atomic E-state index is -1.84. The fourth-order valence-electron chi connectivity index (χ4n) is 2.05. The van der Waals surface area contributed by atoms with Crippen LogP contribution in [0.1, 0.15) is 10.4 Å². The second-order valence-corrected chi connectivity index (χ2v) is 9.28. The second-order valence-electron chi connectivity index (χ2n) is 5.25. The molecule has 0 unspecified atom stereocenters. The van der Waals surface area contributed by atoms with Gasteiger partial charge < -0.3 is 20.7 Å². The molecular formula is C17H15Cl3IN3O2S. The number of benzene rings is 2. The lowest BCUT2D eigenvalue weighted by Gasteiger charge is -2.28. The Morgan fingerprint density at radius 1 is 1.11 bits per heavy atom. The lowest BCUT2D eigenvalue weighted by Crippen LogP contribution is -2.56. The van der Waals surface area contributed by atoms with Crippen molar-refractivity contribution in [1.82, 2.24) is 10.6 Å². The number of ether oxygens (including phenoxy) is 1. The fraction of sp³-hybridized carbons (Fsp3) is 0.176. The zero-order valence-electron chi connectivity index (χ0n) is 13.9. The van der Waals surface area contributed by atoms with Crippen molar-refractivity contribution in [3.05, 3.63) is 57.7 Å². The first-order chi connectivity index (χ1) is 12.7. The highest BCUT2D eigenvalue weighted by atomic mass is 127. The van der Waals surface area contributed by atoms with Gasteiger partial charge in [-0.3, -0.25) is 4.79 Å². The molecule has 10 heteroatoms. The monoisotopic (exact) mass is 557 g/mol. The highest BCUT2D eigenvalue weighted by Crippen LogP contribution is 2.30. The molecule has 2 aromatic rings. The van der Waals surface area contributed by atoms with Gasteiger partial charge in [-0.2, -0.15) is 0 Å². The number of carbonyl (C=O) groups is 1. The molecule has 0 aliphatic rings. The molecule has 144 valence electrons. The molecule has 0 aliphatic heterocycles. The number of halogens is 4. The first-order valence-electron chi connectivity index (χ1n) is 7.54. The minimum absolute atomic E-state index is 0.152. The smallest absolute Gasteiger partial charge is 0.252 e. The van der Waals surface area contributed by atoms with E-state index in [1.165, 1.54) is 0 Å². The number of hydrogen-bond donors (Lipinski definition) is 3. The molecule has 0 aliphatic carbocycles. The Morgan fingerprint density at radius 3 is 2.33 bits per heavy atom. The van der Waals surface area contributed by atoms with E-state index in [0.717, 1.165) is 3.57 Å². The van der Waals surface area contributed by atoms with Gasteiger partial charge in [-0.15, -0.1) is 0 Å². The molecule has 0 aromatic heterocycles. The number of para-hydroxylation sites is 2. The van der Waals surface area contributed by atoms with E-state index in [0.29, 0.717) is 17.0 Å². The quantitative estimate of drug-likeness (QED) is 0.215. The molecule has 5 nitrogen and oxygen atoms in total. The molecule has 0 spiro atoms. The molecule has 3 N–H and O–H groups in total. The SMILES string of the molecule is COc1ccccc1NC(=S)N[C@H](NC(=O)c1ccc(I)cc1)C(Cl)(Cl)Cl. The van der Waals surface area contributed by atoms with Crippen molar-refractivity contribution >= 4 is 86.3 Å². The minimum Gasteiger partial charge on any atom is -0.495 e. The van der Waals surface area contributed by atoms with Gasteiger partial charge in [-0.1, -0.05) is 46.9 Å². The molecule has 0 fully saturated rings. The summed E-state index contributed by atoms with van der Waals surface area (Å²) in [5.74, 6) is 0.185. The van der Waals surface area contributed by atoms with E-state index < -0.39 is 15.9 Å². The van der Waals surface area contributed by atoms with Gasteiger partial charge in [0.05, 0.1) is 12.8 Å². The Labute approximate surface area is 191 Å². The van der Waals surface area contributed by atoms with E-state index >= 15 is 0 Å². The van der Waals surface area contributed by atoms with Crippen LogP contribution in [0.5, 0.6) is 5.75 Å². The summed E-state index contributed by atoms with van der Waals surface area (Å²) >= 11 is 25.4. The van der Waals surface area contributed by atoms with Crippen LogP contribution >= 0.6 is 69.6 Å². The highest BCUT2D eigenvalue weighted by molar-refractivity contribution is 14.1. The van der Waals surface area contributed by atoms with E-state index in [-0.39, 0.29) is 5.11 Å². The summed E-state index contributed by atoms with van der Waals surface area (Å²) in [4.78, 5) is 12.4. The number of nitrogens with one attached hydrogen (secondary N) is 3. The van der Waals surface area contributed by atoms with Crippen LogP contribution in [0.3, 0.4) is 0 Å². The predicted molar refractivity (Wildman–Crippen MR) is 123 cm³/mol. The van der Waals surface area contributed by atoms with E-state index in [1.807, 2.05) is 12.1 Å². The van der Waals surface area contributed by atoms with E-state index in [1.54, 1.807) is 43.5 Å². The predicted octanol–water partition coefficient (Wildman–Crippen LogP) is 4.71. The van der Waals surface area contributed by atoms with Crippen molar-refractivity contribution in [2.75, 3.05) is 12.4 Å². The van der Waals surface area contributed by atoms with Crippen LogP contribution in [0.4, 0.5) is 5.69 Å². The Balaban J connectivity index is 2.09. The van der Waals surface area contributed by atoms with E-state index in [4.69, 9.17) is 51.8 Å². The summed E-state index contributed by atoms with van der Waals surface area (Å²) in [6, 6.07) is 14.2. The largest absolute Gasteiger partial charge is 0.495 e. The van der Waals surface area contributed by atoms with E-state index in [9.17, 15) is 4.79 Å². The van der Waals surface area contributed by atoms with Crippen molar-refractivity contribution in [3.63, 3.8) is 0 Å². The summed E-state index contributed by atoms with van der Waals surface area (Å²) in [5, 5.41) is 8.54. The number of hydrogen-bond acceptors (Lipinski definition) is 3. The zero-order chi connectivity index (χ0) is 20.0. The standard InChI is InChI=1S/C17H15Cl3IN3O2S/c1-26-13-5-3-2-4-12(13)22-16(27)24-15(17(18,19)20)23-14(25)10-6-8-11(21)9-7-10/h2-9,15H,1H3,(H,23,25)(H2,22,24,27)/t15-/m0/s1. The van der Waals surface area contributed by atoms with Gasteiger partial charge in [0.25, 0.3) is 5.91 Å². The van der Waals surface area contributed by atoms with Gasteiger partial charge in [-0.25, -0.2) is 0 Å². The third-order valence-corrected chi connectivity index (χ3v) is 4.93. The first kappa shape index (κ1) is 22.3. The third kappa shape index (κ3) is 6.83. The van der Waals surface area contributed by atoms with Crippen molar-refractivity contribution in [2.24, 2.45) is 0 Å². The number of alkyl halides is 3. The molecule has 0 bridgehead atoms. The van der Waals surface area contributed by atoms with Gasteiger partial charge in [-0.05, 0) is 71.2 Å². The molecule has 0 saturated carbocycles. The topological polar surface area (TPSA) is 62.4 Å². The number of amides is 1. The van der Waals surface area contributed by atoms with Crippen molar-refractivity contribution in [1.29, 1.82) is 0 Å². The molecule has 1 atom stereocenters. The third-order valence-electron chi connectivity index (χ3n) is 3.34. The lowest BCUT2D eigenvalue weighted by molar-refractivity contribution is 0.0934. The molecule has 2 aromatic carbocycles. The molecule has 0 radical (unpaired) electrons. The van der Waals surface area contributed by atoms with Gasteiger partial charge in [0.2, 0.25) is 3.79 Å². The van der Waals surface area contributed by atoms with Crippen LogP contribution in [0.15, 0.2) is 48.5 Å². The molecule has 0 heterocycles. The highest BCUT2D eigenvalue weighted by Gasteiger charge is 2.35. The molecule has 1 amide bonds. The number of thiocarbonyl (C=S) groups is 1. The van der Waals surface area contributed by atoms with Crippen LogP contribution in [0, 0.1) is 3.57 Å². The van der Waals surface area contributed by atoms with Gasteiger partial charge in [0.15, 0.2) is 5.11 Å². The molecular weight excluding hydrogens is 544 g/mol. The summed E-state index contributed by atoms with van der Waals surface area (Å²) < 4.78 is 4.41. The maximum absolute atomic E-state index is 12.4. The van der Waals surface area contributed by atoms with E-state index in [2.05, 4.69) is 38.5 Å². The normalized spacial score (nSPS) is 12.0. The molecule has 2 rings (SSSR count). The summed E-state index contributed by atoms with van der Waals surface area (Å²) in [5.41, 5.74) is 1.06. The van der Waals surface area contributed by atoms with Crippen LogP contribution in [0.2, 0.25) is 0 Å². The number of methoxy groups -OCH3 is 1. The first-order valence-corrected chi connectivity index (χ1v) is 10.2. The Bertz CT molecular complexity index is 816. The summed E-state index contributed by atoms with van der Waals surface area (Å²) in [6.07, 6.45) is -1.07. The van der Waals surface area contributed by atoms with Crippen molar-refractivity contribution in [3.8, 4) is 5.75 Å². The van der Waals surface area contributed by atoms with Crippen LogP contribution in [0.25, 0.3) is 0 Å². The summed E-state index contributed by atoms with van der Waals surface area (Å²) in [7, 11) is 1.54. The number of carbonyl (C=O) groups excluding carboxylic acids is 1. The second kappa shape index (κ2) is 9.97. The van der Waals surface area contributed by atoms with Crippen LogP contribution in [-0.4, -0.2) is 28.1 Å². The fourth-order valence-corrected chi connectivity index (χ4v) is 2.97. The maximum atomic E-state index is 12.4. The van der Waals surface area contributed by atoms with Crippen LogP contribution < -0.4 is 20.7 Å². The van der Waals surface area contributed by atoms with Gasteiger partial charge in [0.1, 0.15) is 11.9 Å². The average molecular weight is 559 g/mol. The number of rotatable bonds is 5. The van der Waals surface area contributed by atoms with Gasteiger partial charge in [0, 0.05) is 9.13 Å². The average Bonchev–Trinajstić information content (AvgIpc) is 2.61. The van der Waals surface area contributed by atoms with Crippen LogP contribution in [-0.2, 0) is 0 Å². The zero-order valence-corrected chi connectivity index (χ0v) is 19.2. The Morgan fingerprint density at radius 2 is 1.74 bits per heavy atom. The van der Waals surface area contributed by atoms with Gasteiger partial charge >= 0.3 is 0 Å². The Hall–Kier alpha value is -1.000.